The number of carbonyl (C=O) groups excluding carboxylic acids is 3. The molecule has 0 spiro atoms. The number of allylic oxidation sites excluding steroid dienone is 2. The summed E-state index contributed by atoms with van der Waals surface area (Å²) in [5.41, 5.74) is 2.19. The summed E-state index contributed by atoms with van der Waals surface area (Å²) in [5.74, 6) is -1.01. The molecule has 1 aliphatic heterocycles. The van der Waals surface area contributed by atoms with E-state index in [1.54, 1.807) is 18.2 Å². The fourth-order valence-corrected chi connectivity index (χ4v) is 3.51. The molecule has 0 aliphatic carbocycles. The smallest absolute Gasteiger partial charge is 0.294 e. The van der Waals surface area contributed by atoms with Crippen molar-refractivity contribution >= 4 is 40.6 Å². The molecule has 0 aromatic heterocycles. The van der Waals surface area contributed by atoms with Gasteiger partial charge in [-0.15, -0.1) is 0 Å². The lowest BCUT2D eigenvalue weighted by Gasteiger charge is -2.12. The lowest BCUT2D eigenvalue weighted by atomic mass is 10.1. The number of hydrogen-bond donors (Lipinski definition) is 2. The van der Waals surface area contributed by atoms with Crippen molar-refractivity contribution in [1.82, 2.24) is 4.90 Å². The monoisotopic (exact) mass is 394 g/mol. The summed E-state index contributed by atoms with van der Waals surface area (Å²) in [6, 6.07) is 15.7. The van der Waals surface area contributed by atoms with Gasteiger partial charge in [0, 0.05) is 11.8 Å². The first-order valence-corrected chi connectivity index (χ1v) is 9.31. The first-order valence-electron chi connectivity index (χ1n) is 8.50. The van der Waals surface area contributed by atoms with E-state index < -0.39 is 17.1 Å². The highest BCUT2D eigenvalue weighted by Crippen LogP contribution is 2.31. The summed E-state index contributed by atoms with van der Waals surface area (Å²) in [5, 5.41) is 11.5. The highest BCUT2D eigenvalue weighted by atomic mass is 32.2. The molecule has 1 saturated heterocycles. The predicted molar refractivity (Wildman–Crippen MR) is 110 cm³/mol. The average Bonchev–Trinajstić information content (AvgIpc) is 2.90. The number of nitrogens with zero attached hydrogens (tertiary/aromatic N) is 1. The third-order valence-electron chi connectivity index (χ3n) is 3.86. The second kappa shape index (κ2) is 8.58. The van der Waals surface area contributed by atoms with Crippen molar-refractivity contribution < 1.29 is 19.5 Å². The highest BCUT2D eigenvalue weighted by Gasteiger charge is 2.36. The molecule has 2 N–H and O–H groups in total. The van der Waals surface area contributed by atoms with Gasteiger partial charge in [-0.05, 0) is 48.0 Å². The summed E-state index contributed by atoms with van der Waals surface area (Å²) in [7, 11) is 0. The van der Waals surface area contributed by atoms with E-state index in [1.165, 1.54) is 12.1 Å². The van der Waals surface area contributed by atoms with Crippen molar-refractivity contribution in [2.75, 3.05) is 11.9 Å². The minimum absolute atomic E-state index is 0.00702. The van der Waals surface area contributed by atoms with E-state index in [0.717, 1.165) is 27.8 Å². The molecular weight excluding hydrogens is 376 g/mol. The molecule has 0 bridgehead atoms. The molecule has 0 saturated carbocycles. The number of thioether (sulfide) groups is 1. The van der Waals surface area contributed by atoms with Gasteiger partial charge in [0.15, 0.2) is 0 Å². The maximum Gasteiger partial charge on any atom is 0.294 e. The Morgan fingerprint density at radius 3 is 2.61 bits per heavy atom. The molecule has 0 radical (unpaired) electrons. The van der Waals surface area contributed by atoms with Crippen molar-refractivity contribution in [2.45, 2.75) is 6.92 Å². The van der Waals surface area contributed by atoms with Crippen LogP contribution < -0.4 is 5.32 Å². The van der Waals surface area contributed by atoms with E-state index >= 15 is 0 Å². The Balaban J connectivity index is 1.67. The van der Waals surface area contributed by atoms with Crippen molar-refractivity contribution in [1.29, 1.82) is 0 Å². The SMILES string of the molecule is CC(=Cc1ccccc1)C=C1SC(=O)N(CC(=O)Nc2cccc(O)c2)C1=O. The molecule has 0 unspecified atom stereocenters. The number of aromatic hydroxyl groups is 1. The van der Waals surface area contributed by atoms with Gasteiger partial charge in [0.05, 0.1) is 4.91 Å². The van der Waals surface area contributed by atoms with Crippen LogP contribution in [0.4, 0.5) is 10.5 Å². The first kappa shape index (κ1) is 19.4. The number of benzene rings is 2. The van der Waals surface area contributed by atoms with Crippen molar-refractivity contribution in [3.8, 4) is 5.75 Å². The standard InChI is InChI=1S/C21H18N2O4S/c1-14(10-15-6-3-2-4-7-15)11-18-20(26)23(21(27)28-18)13-19(25)22-16-8-5-9-17(24)12-16/h2-12,24H,13H2,1H3,(H,22,25). The Morgan fingerprint density at radius 2 is 1.89 bits per heavy atom. The second-order valence-corrected chi connectivity index (χ2v) is 7.16. The van der Waals surface area contributed by atoms with E-state index in [4.69, 9.17) is 0 Å². The number of anilines is 1. The van der Waals surface area contributed by atoms with Gasteiger partial charge in [-0.2, -0.15) is 0 Å². The average molecular weight is 394 g/mol. The molecule has 7 heteroatoms. The van der Waals surface area contributed by atoms with Gasteiger partial charge in [0.25, 0.3) is 11.1 Å². The van der Waals surface area contributed by atoms with Crippen LogP contribution in [0, 0.1) is 0 Å². The van der Waals surface area contributed by atoms with Crippen LogP contribution in [0.5, 0.6) is 5.75 Å². The number of imide groups is 1. The lowest BCUT2D eigenvalue weighted by molar-refractivity contribution is -0.127. The predicted octanol–water partition coefficient (Wildman–Crippen LogP) is 4.01. The van der Waals surface area contributed by atoms with Crippen molar-refractivity contribution in [3.63, 3.8) is 0 Å². The van der Waals surface area contributed by atoms with Crippen LogP contribution in [0.1, 0.15) is 12.5 Å². The summed E-state index contributed by atoms with van der Waals surface area (Å²) in [4.78, 5) is 38.0. The van der Waals surface area contributed by atoms with Gasteiger partial charge in [0.1, 0.15) is 12.3 Å². The fourth-order valence-electron chi connectivity index (χ4n) is 2.62. The zero-order valence-electron chi connectivity index (χ0n) is 15.1. The Hall–Kier alpha value is -3.32. The Morgan fingerprint density at radius 1 is 1.14 bits per heavy atom. The van der Waals surface area contributed by atoms with E-state index in [9.17, 15) is 19.5 Å². The first-order chi connectivity index (χ1) is 13.4. The molecule has 2 aromatic rings. The van der Waals surface area contributed by atoms with Crippen LogP contribution >= 0.6 is 11.8 Å². The molecule has 6 nitrogen and oxygen atoms in total. The molecule has 1 aliphatic rings. The molecule has 0 atom stereocenters. The maximum atomic E-state index is 12.5. The van der Waals surface area contributed by atoms with Crippen LogP contribution in [0.25, 0.3) is 6.08 Å². The molecule has 3 rings (SSSR count). The Labute approximate surface area is 166 Å². The van der Waals surface area contributed by atoms with E-state index in [1.807, 2.05) is 43.3 Å². The quantitative estimate of drug-likeness (QED) is 0.748. The Kier molecular flexibility index (Phi) is 5.96. The van der Waals surface area contributed by atoms with Crippen LogP contribution in [0.3, 0.4) is 0 Å². The number of rotatable bonds is 5. The topological polar surface area (TPSA) is 86.7 Å². The van der Waals surface area contributed by atoms with Crippen molar-refractivity contribution in [3.05, 3.63) is 76.7 Å². The van der Waals surface area contributed by atoms with Crippen LogP contribution in [0.2, 0.25) is 0 Å². The van der Waals surface area contributed by atoms with E-state index in [2.05, 4.69) is 5.32 Å². The summed E-state index contributed by atoms with van der Waals surface area (Å²) in [6.45, 7) is 1.45. The van der Waals surface area contributed by atoms with Gasteiger partial charge in [-0.3, -0.25) is 19.3 Å². The molecule has 1 fully saturated rings. The van der Waals surface area contributed by atoms with Crippen molar-refractivity contribution in [2.24, 2.45) is 0 Å². The minimum Gasteiger partial charge on any atom is -0.508 e. The third kappa shape index (κ3) is 4.89. The number of carbonyl (C=O) groups is 3. The number of amides is 3. The molecule has 3 amide bonds. The van der Waals surface area contributed by atoms with Crippen LogP contribution in [-0.2, 0) is 9.59 Å². The molecule has 28 heavy (non-hydrogen) atoms. The van der Waals surface area contributed by atoms with E-state index in [0.29, 0.717) is 5.69 Å². The second-order valence-electron chi connectivity index (χ2n) is 6.17. The summed E-state index contributed by atoms with van der Waals surface area (Å²) in [6.07, 6.45) is 3.55. The van der Waals surface area contributed by atoms with E-state index in [-0.39, 0.29) is 17.2 Å². The molecule has 142 valence electrons. The van der Waals surface area contributed by atoms with Crippen LogP contribution in [-0.4, -0.2) is 33.6 Å². The van der Waals surface area contributed by atoms with Gasteiger partial charge in [-0.1, -0.05) is 42.5 Å². The fraction of sp³-hybridized carbons (Fsp3) is 0.0952. The number of hydrogen-bond acceptors (Lipinski definition) is 5. The zero-order valence-corrected chi connectivity index (χ0v) is 15.9. The molecule has 2 aromatic carbocycles. The normalized spacial score (nSPS) is 16.0. The largest absolute Gasteiger partial charge is 0.508 e. The summed E-state index contributed by atoms with van der Waals surface area (Å²) >= 11 is 0.809. The van der Waals surface area contributed by atoms with Gasteiger partial charge >= 0.3 is 0 Å². The lowest BCUT2D eigenvalue weighted by Crippen LogP contribution is -2.36. The third-order valence-corrected chi connectivity index (χ3v) is 4.77. The molecule has 1 heterocycles. The van der Waals surface area contributed by atoms with Gasteiger partial charge < -0.3 is 10.4 Å². The highest BCUT2D eigenvalue weighted by molar-refractivity contribution is 8.18. The molecular formula is C21H18N2O4S. The number of nitrogens with one attached hydrogen (secondary N) is 1. The van der Waals surface area contributed by atoms with Gasteiger partial charge in [0.2, 0.25) is 5.91 Å². The maximum absolute atomic E-state index is 12.5. The van der Waals surface area contributed by atoms with Crippen LogP contribution in [0.15, 0.2) is 71.2 Å². The zero-order chi connectivity index (χ0) is 20.1. The van der Waals surface area contributed by atoms with Gasteiger partial charge in [-0.25, -0.2) is 0 Å². The minimum atomic E-state index is -0.523. The number of phenols is 1. The number of phenolic OH excluding ortho intramolecular Hbond substituents is 1. The Bertz CT molecular complexity index is 983. The summed E-state index contributed by atoms with van der Waals surface area (Å²) < 4.78 is 0.